The number of carbonyl (C=O) groups excluding carboxylic acids is 1. The van der Waals surface area contributed by atoms with Crippen LogP contribution in [0.1, 0.15) is 64.5 Å². The molecule has 0 saturated heterocycles. The number of nitrogens with zero attached hydrogens (tertiary/aromatic N) is 2. The predicted molar refractivity (Wildman–Crippen MR) is 174 cm³/mol. The highest BCUT2D eigenvalue weighted by atomic mass is 32.2. The quantitative estimate of drug-likeness (QED) is 0.116. The number of anilines is 1. The van der Waals surface area contributed by atoms with E-state index >= 15 is 0 Å². The number of aliphatic hydroxyl groups is 1. The van der Waals surface area contributed by atoms with Gasteiger partial charge in [-0.05, 0) is 68.7 Å². The third kappa shape index (κ3) is 5.94. The fourth-order valence-electron chi connectivity index (χ4n) is 6.66. The van der Waals surface area contributed by atoms with Crippen LogP contribution < -0.4 is 4.90 Å². The van der Waals surface area contributed by atoms with Gasteiger partial charge in [-0.25, -0.2) is 0 Å². The van der Waals surface area contributed by atoms with E-state index in [0.717, 1.165) is 0 Å². The molecule has 1 aliphatic carbocycles. The fourth-order valence-corrected chi connectivity index (χ4v) is 7.67. The first kappa shape index (κ1) is 34.2. The van der Waals surface area contributed by atoms with Crippen molar-refractivity contribution in [2.24, 2.45) is 0 Å². The van der Waals surface area contributed by atoms with E-state index < -0.39 is 42.8 Å². The first-order valence-corrected chi connectivity index (χ1v) is 17.8. The van der Waals surface area contributed by atoms with E-state index in [-0.39, 0.29) is 33.1 Å². The zero-order chi connectivity index (χ0) is 34.9. The van der Waals surface area contributed by atoms with Crippen molar-refractivity contribution in [1.82, 2.24) is 0 Å². The number of aliphatic hydroxyl groups excluding tert-OH is 1. The highest BCUT2D eigenvalue weighted by molar-refractivity contribution is 7.86. The highest BCUT2D eigenvalue weighted by Gasteiger charge is 2.47. The summed E-state index contributed by atoms with van der Waals surface area (Å²) in [4.78, 5) is 26.0. The summed E-state index contributed by atoms with van der Waals surface area (Å²) < 4.78 is 68.5. The Morgan fingerprint density at radius 2 is 1.47 bits per heavy atom. The number of allylic oxidation sites excluding steroid dienone is 5. The largest absolute Gasteiger partial charge is 0.506 e. The van der Waals surface area contributed by atoms with Crippen molar-refractivity contribution >= 4 is 49.1 Å². The molecule has 0 atom stereocenters. The minimum atomic E-state index is -4.49. The molecule has 0 radical (unpaired) electrons. The standard InChI is InChI=1S/C33H36N2O10S2/c1-32(2)23-15-19(46(40,41)42)10-12-25(23)34(5)27(32)17-21-30(38)22(31(21)39)18-28-33(3,4)24-16-20(47(43,44)45)11-13-26(24)35(28)14-8-6-7-9-29(36)37/h10-13,15-18H,6-9,14H2,1-5H3,(H3-,36,37,38,39,40,41,42,43,44,45)/p+1. The first-order valence-electron chi connectivity index (χ1n) is 14.9. The van der Waals surface area contributed by atoms with E-state index in [4.69, 9.17) is 5.11 Å². The lowest BCUT2D eigenvalue weighted by molar-refractivity contribution is -0.401. The summed E-state index contributed by atoms with van der Waals surface area (Å²) in [7, 11) is -7.17. The minimum absolute atomic E-state index is 0.0324. The number of hydrogen-bond acceptors (Lipinski definition) is 8. The van der Waals surface area contributed by atoms with Crippen molar-refractivity contribution in [1.29, 1.82) is 0 Å². The Kier molecular flexibility index (Phi) is 8.41. The van der Waals surface area contributed by atoms with Crippen LogP contribution in [0.3, 0.4) is 0 Å². The Bertz CT molecular complexity index is 2090. The number of ketones is 1. The molecule has 5 rings (SSSR count). The van der Waals surface area contributed by atoms with Crippen molar-refractivity contribution in [3.63, 3.8) is 0 Å². The summed E-state index contributed by atoms with van der Waals surface area (Å²) in [5, 5.41) is 20.2. The number of hydrogen-bond donors (Lipinski definition) is 4. The van der Waals surface area contributed by atoms with Crippen LogP contribution in [-0.4, -0.2) is 71.8 Å². The fraction of sp³-hybridized carbons (Fsp3) is 0.364. The molecule has 0 unspecified atom stereocenters. The average Bonchev–Trinajstić information content (AvgIpc) is 3.30. The van der Waals surface area contributed by atoms with Gasteiger partial charge in [0.2, 0.25) is 11.5 Å². The zero-order valence-corrected chi connectivity index (χ0v) is 28.2. The SMILES string of the molecule is C[N+]1=C(/C=C2\C(=O)C(/C=C3/N(CCCCCC(=O)O)c4ccc(S(=O)(=O)O)cc4C3(C)C)=C2O)C(C)(C)c2cc(S(=O)(=O)O)ccc21. The zero-order valence-electron chi connectivity index (χ0n) is 26.6. The number of carboxylic acids is 1. The van der Waals surface area contributed by atoms with Crippen LogP contribution in [-0.2, 0) is 40.7 Å². The van der Waals surface area contributed by atoms with E-state index in [1.165, 1.54) is 24.3 Å². The molecule has 0 bridgehead atoms. The Morgan fingerprint density at radius 3 is 2.04 bits per heavy atom. The molecule has 3 aliphatic rings. The lowest BCUT2D eigenvalue weighted by atomic mass is 9.77. The molecule has 2 aliphatic heterocycles. The summed E-state index contributed by atoms with van der Waals surface area (Å²) in [5.74, 6) is -1.54. The Balaban J connectivity index is 1.53. The smallest absolute Gasteiger partial charge is 0.303 e. The van der Waals surface area contributed by atoms with Crippen molar-refractivity contribution in [2.75, 3.05) is 18.5 Å². The number of carbonyl (C=O) groups is 2. The maximum absolute atomic E-state index is 13.6. The van der Waals surface area contributed by atoms with Crippen LogP contribution >= 0.6 is 0 Å². The second-order valence-corrected chi connectivity index (χ2v) is 15.9. The summed E-state index contributed by atoms with van der Waals surface area (Å²) in [6, 6.07) is 8.54. The molecule has 0 spiro atoms. The summed E-state index contributed by atoms with van der Waals surface area (Å²) >= 11 is 0. The second-order valence-electron chi connectivity index (χ2n) is 13.0. The maximum atomic E-state index is 13.6. The number of carboxylic acid groups (broad SMARTS) is 1. The minimum Gasteiger partial charge on any atom is -0.506 e. The van der Waals surface area contributed by atoms with E-state index in [1.807, 2.05) is 32.6 Å². The molecule has 12 nitrogen and oxygen atoms in total. The molecule has 14 heteroatoms. The van der Waals surface area contributed by atoms with Gasteiger partial charge in [-0.3, -0.25) is 18.7 Å². The number of aliphatic carboxylic acids is 1. The van der Waals surface area contributed by atoms with Gasteiger partial charge < -0.3 is 15.1 Å². The number of Topliss-reactive ketones (excluding diaryl/α,β-unsaturated/α-hetero) is 1. The molecular formula is C33H37N2O10S2+. The van der Waals surface area contributed by atoms with Crippen LogP contribution in [0.4, 0.5) is 11.4 Å². The Labute approximate surface area is 273 Å². The van der Waals surface area contributed by atoms with Crippen molar-refractivity contribution in [3.05, 3.63) is 82.3 Å². The van der Waals surface area contributed by atoms with E-state index in [2.05, 4.69) is 0 Å². The number of rotatable bonds is 10. The van der Waals surface area contributed by atoms with Gasteiger partial charge in [-0.15, -0.1) is 0 Å². The third-order valence-corrected chi connectivity index (χ3v) is 11.0. The van der Waals surface area contributed by atoms with Gasteiger partial charge in [0.05, 0.1) is 26.4 Å². The van der Waals surface area contributed by atoms with Crippen LogP contribution in [0.5, 0.6) is 0 Å². The predicted octanol–water partition coefficient (Wildman–Crippen LogP) is 4.83. The summed E-state index contributed by atoms with van der Waals surface area (Å²) in [6.07, 6.45) is 4.88. The van der Waals surface area contributed by atoms with E-state index in [9.17, 15) is 40.6 Å². The van der Waals surface area contributed by atoms with Crippen LogP contribution in [0.25, 0.3) is 0 Å². The number of unbranched alkanes of at least 4 members (excludes halogenated alkanes) is 2. The monoisotopic (exact) mass is 685 g/mol. The molecule has 250 valence electrons. The molecule has 2 heterocycles. The number of fused-ring (bicyclic) bond motifs is 2. The van der Waals surface area contributed by atoms with Crippen LogP contribution in [0.15, 0.2) is 80.9 Å². The molecule has 0 fully saturated rings. The van der Waals surface area contributed by atoms with Gasteiger partial charge in [0.15, 0.2) is 5.71 Å². The highest BCUT2D eigenvalue weighted by Crippen LogP contribution is 2.50. The Morgan fingerprint density at radius 1 is 0.872 bits per heavy atom. The summed E-state index contributed by atoms with van der Waals surface area (Å²) in [5.41, 5.74) is 2.29. The molecule has 4 N–H and O–H groups in total. The lowest BCUT2D eigenvalue weighted by Gasteiger charge is -2.29. The summed E-state index contributed by atoms with van der Waals surface area (Å²) in [6.45, 7) is 7.80. The van der Waals surface area contributed by atoms with Crippen molar-refractivity contribution in [3.8, 4) is 0 Å². The maximum Gasteiger partial charge on any atom is 0.303 e. The van der Waals surface area contributed by atoms with Crippen molar-refractivity contribution < 1.29 is 50.3 Å². The average molecular weight is 686 g/mol. The normalized spacial score (nSPS) is 20.2. The van der Waals surface area contributed by atoms with E-state index in [0.29, 0.717) is 59.7 Å². The molecular weight excluding hydrogens is 649 g/mol. The lowest BCUT2D eigenvalue weighted by Crippen LogP contribution is -2.32. The van der Waals surface area contributed by atoms with Gasteiger partial charge in [-0.2, -0.15) is 21.4 Å². The van der Waals surface area contributed by atoms with Crippen LogP contribution in [0.2, 0.25) is 0 Å². The molecule has 0 amide bonds. The molecule has 2 aromatic carbocycles. The molecule has 0 aromatic heterocycles. The van der Waals surface area contributed by atoms with Gasteiger partial charge >= 0.3 is 5.97 Å². The van der Waals surface area contributed by atoms with Crippen LogP contribution in [0, 0.1) is 0 Å². The molecule has 2 aromatic rings. The third-order valence-electron chi connectivity index (χ3n) is 9.30. The molecule has 47 heavy (non-hydrogen) atoms. The molecule has 0 saturated carbocycles. The second kappa shape index (κ2) is 11.5. The first-order chi connectivity index (χ1) is 21.7. The topological polar surface area (TPSA) is 190 Å². The van der Waals surface area contributed by atoms with Crippen molar-refractivity contribution in [2.45, 2.75) is 74.0 Å². The van der Waals surface area contributed by atoms with E-state index in [1.54, 1.807) is 35.9 Å². The Hall–Kier alpha value is -4.11. The number of benzene rings is 2. The van der Waals surface area contributed by atoms with Gasteiger partial charge in [-0.1, -0.05) is 20.3 Å². The van der Waals surface area contributed by atoms with Gasteiger partial charge in [0.1, 0.15) is 12.8 Å². The van der Waals surface area contributed by atoms with Gasteiger partial charge in [0.25, 0.3) is 20.2 Å². The van der Waals surface area contributed by atoms with Gasteiger partial charge in [0, 0.05) is 47.5 Å².